The lowest BCUT2D eigenvalue weighted by molar-refractivity contribution is -0.139. The molecule has 1 aromatic heterocycles. The van der Waals surface area contributed by atoms with Gasteiger partial charge in [-0.25, -0.2) is 4.79 Å². The third-order valence-electron chi connectivity index (χ3n) is 3.88. The first-order valence-electron chi connectivity index (χ1n) is 7.49. The highest BCUT2D eigenvalue weighted by molar-refractivity contribution is 6.42. The van der Waals surface area contributed by atoms with Crippen LogP contribution in [0, 0.1) is 0 Å². The van der Waals surface area contributed by atoms with Crippen molar-refractivity contribution in [1.82, 2.24) is 10.3 Å². The maximum absolute atomic E-state index is 12.3. The first-order chi connectivity index (χ1) is 12.0. The average Bonchev–Trinajstić information content (AvgIpc) is 2.99. The van der Waals surface area contributed by atoms with Gasteiger partial charge in [0.25, 0.3) is 5.91 Å². The Bertz CT molecular complexity index is 952. The molecular formula is C18H14Cl2N2O3. The molecule has 3 N–H and O–H groups in total. The van der Waals surface area contributed by atoms with Crippen LogP contribution in [0.25, 0.3) is 10.9 Å². The van der Waals surface area contributed by atoms with Crippen molar-refractivity contribution in [3.05, 3.63) is 69.8 Å². The van der Waals surface area contributed by atoms with Gasteiger partial charge in [-0.15, -0.1) is 0 Å². The number of aromatic nitrogens is 1. The molecule has 25 heavy (non-hydrogen) atoms. The number of para-hydroxylation sites is 1. The molecule has 0 aliphatic carbocycles. The summed E-state index contributed by atoms with van der Waals surface area (Å²) in [4.78, 5) is 27.0. The minimum Gasteiger partial charge on any atom is -0.480 e. The van der Waals surface area contributed by atoms with Gasteiger partial charge >= 0.3 is 5.97 Å². The van der Waals surface area contributed by atoms with Gasteiger partial charge in [0, 0.05) is 29.1 Å². The Hall–Kier alpha value is -2.50. The number of carboxylic acids is 1. The molecule has 0 aliphatic heterocycles. The zero-order chi connectivity index (χ0) is 18.0. The number of rotatable bonds is 5. The van der Waals surface area contributed by atoms with Crippen molar-refractivity contribution in [2.24, 2.45) is 0 Å². The van der Waals surface area contributed by atoms with E-state index in [1.165, 1.54) is 18.2 Å². The second-order valence-corrected chi connectivity index (χ2v) is 6.37. The molecule has 0 saturated heterocycles. The van der Waals surface area contributed by atoms with E-state index in [0.717, 1.165) is 16.5 Å². The van der Waals surface area contributed by atoms with Crippen molar-refractivity contribution >= 4 is 46.0 Å². The highest BCUT2D eigenvalue weighted by Gasteiger charge is 2.22. The number of hydrogen-bond donors (Lipinski definition) is 3. The van der Waals surface area contributed by atoms with Gasteiger partial charge in [-0.2, -0.15) is 0 Å². The van der Waals surface area contributed by atoms with Crippen molar-refractivity contribution in [3.63, 3.8) is 0 Å². The Balaban J connectivity index is 1.80. The summed E-state index contributed by atoms with van der Waals surface area (Å²) in [5, 5.41) is 13.5. The molecule has 5 nitrogen and oxygen atoms in total. The molecule has 0 saturated carbocycles. The number of fused-ring (bicyclic) bond motifs is 1. The van der Waals surface area contributed by atoms with E-state index in [2.05, 4.69) is 10.3 Å². The van der Waals surface area contributed by atoms with Crippen molar-refractivity contribution < 1.29 is 14.7 Å². The number of H-pyrrole nitrogens is 1. The predicted molar refractivity (Wildman–Crippen MR) is 97.4 cm³/mol. The number of aromatic amines is 1. The second-order valence-electron chi connectivity index (χ2n) is 5.56. The number of benzene rings is 2. The van der Waals surface area contributed by atoms with Crippen LogP contribution in [0.2, 0.25) is 10.0 Å². The summed E-state index contributed by atoms with van der Waals surface area (Å²) in [7, 11) is 0. The Kier molecular flexibility index (Phi) is 4.97. The molecule has 0 spiro atoms. The van der Waals surface area contributed by atoms with Gasteiger partial charge in [0.2, 0.25) is 0 Å². The van der Waals surface area contributed by atoms with Crippen LogP contribution in [-0.2, 0) is 11.2 Å². The van der Waals surface area contributed by atoms with E-state index in [1.54, 1.807) is 6.20 Å². The summed E-state index contributed by atoms with van der Waals surface area (Å²) in [6.45, 7) is 0. The first-order valence-corrected chi connectivity index (χ1v) is 8.25. The average molecular weight is 377 g/mol. The summed E-state index contributed by atoms with van der Waals surface area (Å²) in [6, 6.07) is 10.9. The van der Waals surface area contributed by atoms with Crippen LogP contribution in [0.3, 0.4) is 0 Å². The Labute approximate surface area is 153 Å². The van der Waals surface area contributed by atoms with Gasteiger partial charge in [-0.3, -0.25) is 4.79 Å². The molecular weight excluding hydrogens is 363 g/mol. The van der Waals surface area contributed by atoms with E-state index >= 15 is 0 Å². The molecule has 0 radical (unpaired) electrons. The van der Waals surface area contributed by atoms with Gasteiger partial charge < -0.3 is 15.4 Å². The number of aliphatic carboxylic acids is 1. The van der Waals surface area contributed by atoms with E-state index < -0.39 is 17.9 Å². The van der Waals surface area contributed by atoms with Crippen LogP contribution < -0.4 is 5.32 Å². The number of carboxylic acid groups (broad SMARTS) is 1. The van der Waals surface area contributed by atoms with Gasteiger partial charge in [0.05, 0.1) is 10.0 Å². The zero-order valence-electron chi connectivity index (χ0n) is 12.9. The highest BCUT2D eigenvalue weighted by atomic mass is 35.5. The lowest BCUT2D eigenvalue weighted by atomic mass is 10.0. The van der Waals surface area contributed by atoms with E-state index in [4.69, 9.17) is 23.2 Å². The van der Waals surface area contributed by atoms with Crippen LogP contribution in [0.5, 0.6) is 0 Å². The Morgan fingerprint density at radius 1 is 1.12 bits per heavy atom. The molecule has 0 bridgehead atoms. The number of carbonyl (C=O) groups is 2. The largest absolute Gasteiger partial charge is 0.480 e. The third kappa shape index (κ3) is 3.78. The maximum atomic E-state index is 12.3. The molecule has 0 aliphatic rings. The number of hydrogen-bond acceptors (Lipinski definition) is 2. The maximum Gasteiger partial charge on any atom is 0.326 e. The molecule has 0 fully saturated rings. The molecule has 1 amide bonds. The van der Waals surface area contributed by atoms with Crippen LogP contribution in [0.4, 0.5) is 0 Å². The second kappa shape index (κ2) is 7.17. The molecule has 2 aromatic carbocycles. The van der Waals surface area contributed by atoms with Crippen molar-refractivity contribution in [1.29, 1.82) is 0 Å². The van der Waals surface area contributed by atoms with Crippen LogP contribution in [-0.4, -0.2) is 28.0 Å². The number of amides is 1. The number of carbonyl (C=O) groups excluding carboxylic acids is 1. The van der Waals surface area contributed by atoms with Crippen molar-refractivity contribution in [2.75, 3.05) is 0 Å². The van der Waals surface area contributed by atoms with Crippen molar-refractivity contribution in [2.45, 2.75) is 12.5 Å². The Morgan fingerprint density at radius 2 is 1.88 bits per heavy atom. The summed E-state index contributed by atoms with van der Waals surface area (Å²) < 4.78 is 0. The topological polar surface area (TPSA) is 82.2 Å². The zero-order valence-corrected chi connectivity index (χ0v) is 14.4. The van der Waals surface area contributed by atoms with Crippen LogP contribution in [0.1, 0.15) is 15.9 Å². The van der Waals surface area contributed by atoms with E-state index in [0.29, 0.717) is 5.02 Å². The molecule has 1 heterocycles. The summed E-state index contributed by atoms with van der Waals surface area (Å²) in [5.74, 6) is -1.63. The third-order valence-corrected chi connectivity index (χ3v) is 4.62. The monoisotopic (exact) mass is 376 g/mol. The summed E-state index contributed by atoms with van der Waals surface area (Å²) in [6.07, 6.45) is 1.92. The van der Waals surface area contributed by atoms with Gasteiger partial charge in [-0.1, -0.05) is 41.4 Å². The molecule has 1 unspecified atom stereocenters. The molecule has 3 rings (SSSR count). The molecule has 128 valence electrons. The highest BCUT2D eigenvalue weighted by Crippen LogP contribution is 2.23. The minimum absolute atomic E-state index is 0.159. The summed E-state index contributed by atoms with van der Waals surface area (Å²) >= 11 is 11.7. The quantitative estimate of drug-likeness (QED) is 0.631. The molecule has 1 atom stereocenters. The standard InChI is InChI=1S/C18H14Cl2N2O3/c19-13-6-5-10(7-14(13)20)17(23)22-16(18(24)25)8-11-9-21-15-4-2-1-3-12(11)15/h1-7,9,16,21H,8H2,(H,22,23)(H,24,25). The Morgan fingerprint density at radius 3 is 2.60 bits per heavy atom. The summed E-state index contributed by atoms with van der Waals surface area (Å²) in [5.41, 5.74) is 1.98. The fourth-order valence-corrected chi connectivity index (χ4v) is 2.90. The van der Waals surface area contributed by atoms with E-state index in [-0.39, 0.29) is 17.0 Å². The van der Waals surface area contributed by atoms with Gasteiger partial charge in [0.15, 0.2) is 0 Å². The number of nitrogens with one attached hydrogen (secondary N) is 2. The SMILES string of the molecule is O=C(NC(Cc1c[nH]c2ccccc12)C(=O)O)c1ccc(Cl)c(Cl)c1. The van der Waals surface area contributed by atoms with Gasteiger partial charge in [-0.05, 0) is 29.8 Å². The van der Waals surface area contributed by atoms with Crippen molar-refractivity contribution in [3.8, 4) is 0 Å². The first kappa shape index (κ1) is 17.3. The van der Waals surface area contributed by atoms with Crippen LogP contribution in [0.15, 0.2) is 48.7 Å². The molecule has 3 aromatic rings. The predicted octanol–water partition coefficient (Wildman–Crippen LogP) is 3.90. The lowest BCUT2D eigenvalue weighted by Gasteiger charge is -2.14. The van der Waals surface area contributed by atoms with E-state index in [1.807, 2.05) is 24.3 Å². The smallest absolute Gasteiger partial charge is 0.326 e. The normalized spacial score (nSPS) is 12.1. The molecule has 7 heteroatoms. The fourth-order valence-electron chi connectivity index (χ4n) is 2.60. The van der Waals surface area contributed by atoms with E-state index in [9.17, 15) is 14.7 Å². The lowest BCUT2D eigenvalue weighted by Crippen LogP contribution is -2.42. The van der Waals surface area contributed by atoms with Gasteiger partial charge in [0.1, 0.15) is 6.04 Å². The minimum atomic E-state index is -1.11. The number of halogens is 2. The fraction of sp³-hybridized carbons (Fsp3) is 0.111. The van der Waals surface area contributed by atoms with Crippen LogP contribution >= 0.6 is 23.2 Å².